The van der Waals surface area contributed by atoms with Crippen LogP contribution in [0.15, 0.2) is 18.2 Å². The molecular weight excluding hydrogens is 186 g/mol. The second-order valence-corrected chi connectivity index (χ2v) is 3.91. The van der Waals surface area contributed by atoms with E-state index in [2.05, 4.69) is 0 Å². The van der Waals surface area contributed by atoms with Gasteiger partial charge in [0.2, 0.25) is 0 Å². The van der Waals surface area contributed by atoms with Crippen LogP contribution in [0.5, 0.6) is 0 Å². The van der Waals surface area contributed by atoms with Gasteiger partial charge in [0.15, 0.2) is 0 Å². The van der Waals surface area contributed by atoms with Gasteiger partial charge in [-0.25, -0.2) is 8.78 Å². The second kappa shape index (κ2) is 3.31. The Morgan fingerprint density at radius 3 is 2.71 bits per heavy atom. The molecule has 0 radical (unpaired) electrons. The molecule has 1 nitrogen and oxygen atoms in total. The molecule has 1 aliphatic rings. The van der Waals surface area contributed by atoms with E-state index in [1.165, 1.54) is 6.07 Å². The molecule has 0 aliphatic heterocycles. The maximum Gasteiger partial charge on any atom is 0.126 e. The molecule has 0 aromatic heterocycles. The number of halogens is 2. The fraction of sp³-hybridized carbons (Fsp3) is 0.455. The Morgan fingerprint density at radius 1 is 1.43 bits per heavy atom. The average Bonchev–Trinajstić information content (AvgIpc) is 2.88. The molecule has 1 saturated carbocycles. The lowest BCUT2D eigenvalue weighted by molar-refractivity contribution is 0.168. The molecule has 0 saturated heterocycles. The van der Waals surface area contributed by atoms with Gasteiger partial charge in [0, 0.05) is 0 Å². The summed E-state index contributed by atoms with van der Waals surface area (Å²) in [5.41, 5.74) is 0.399. The van der Waals surface area contributed by atoms with Gasteiger partial charge in [-0.1, -0.05) is 0 Å². The highest BCUT2D eigenvalue weighted by Gasteiger charge is 2.42. The number of rotatable bonds is 2. The minimum Gasteiger partial charge on any atom is -0.393 e. The largest absolute Gasteiger partial charge is 0.393 e. The lowest BCUT2D eigenvalue weighted by Crippen LogP contribution is -2.04. The van der Waals surface area contributed by atoms with Gasteiger partial charge in [0.1, 0.15) is 11.6 Å². The molecule has 1 N–H and O–H groups in total. The van der Waals surface area contributed by atoms with Crippen molar-refractivity contribution in [1.82, 2.24) is 0 Å². The Bertz CT molecular complexity index is 349. The van der Waals surface area contributed by atoms with Crippen LogP contribution >= 0.6 is 0 Å². The second-order valence-electron chi connectivity index (χ2n) is 3.91. The van der Waals surface area contributed by atoms with Gasteiger partial charge in [-0.15, -0.1) is 0 Å². The van der Waals surface area contributed by atoms with Crippen molar-refractivity contribution in [3.63, 3.8) is 0 Å². The fourth-order valence-electron chi connectivity index (χ4n) is 1.90. The third kappa shape index (κ3) is 1.64. The summed E-state index contributed by atoms with van der Waals surface area (Å²) < 4.78 is 26.1. The van der Waals surface area contributed by atoms with E-state index in [-0.39, 0.29) is 17.7 Å². The zero-order chi connectivity index (χ0) is 10.3. The zero-order valence-electron chi connectivity index (χ0n) is 7.87. The van der Waals surface area contributed by atoms with Crippen molar-refractivity contribution in [3.8, 4) is 0 Å². The minimum atomic E-state index is -0.442. The number of aliphatic hydroxyl groups excluding tert-OH is 1. The Morgan fingerprint density at radius 2 is 2.14 bits per heavy atom. The van der Waals surface area contributed by atoms with Gasteiger partial charge in [0.25, 0.3) is 0 Å². The molecule has 0 amide bonds. The van der Waals surface area contributed by atoms with E-state index in [9.17, 15) is 13.9 Å². The fourth-order valence-corrected chi connectivity index (χ4v) is 1.90. The van der Waals surface area contributed by atoms with E-state index in [1.807, 2.05) is 0 Å². The Labute approximate surface area is 81.4 Å². The van der Waals surface area contributed by atoms with Gasteiger partial charge in [-0.3, -0.25) is 0 Å². The number of aliphatic hydroxyl groups is 1. The van der Waals surface area contributed by atoms with E-state index in [4.69, 9.17) is 0 Å². The summed E-state index contributed by atoms with van der Waals surface area (Å²) in [5.74, 6) is -0.714. The standard InChI is InChI=1S/C11H12F2O/c1-6(14)8-5-9(8)10-4-7(12)2-3-11(10)13/h2-4,6,8-9,14H,5H2,1H3/t6-,8+,9-/m0/s1. The third-order valence-corrected chi connectivity index (χ3v) is 2.82. The van der Waals surface area contributed by atoms with Crippen molar-refractivity contribution >= 4 is 0 Å². The Hall–Kier alpha value is -0.960. The van der Waals surface area contributed by atoms with Gasteiger partial charge in [-0.05, 0) is 48.9 Å². The summed E-state index contributed by atoms with van der Waals surface area (Å²) in [6, 6.07) is 3.48. The Kier molecular flexibility index (Phi) is 2.27. The summed E-state index contributed by atoms with van der Waals surface area (Å²) >= 11 is 0. The number of hydrogen-bond acceptors (Lipinski definition) is 1. The van der Waals surface area contributed by atoms with Gasteiger partial charge < -0.3 is 5.11 Å². The van der Waals surface area contributed by atoms with Crippen LogP contribution in [-0.4, -0.2) is 11.2 Å². The summed E-state index contributed by atoms with van der Waals surface area (Å²) in [4.78, 5) is 0. The average molecular weight is 198 g/mol. The van der Waals surface area contributed by atoms with Crippen molar-refractivity contribution in [1.29, 1.82) is 0 Å². The smallest absolute Gasteiger partial charge is 0.126 e. The van der Waals surface area contributed by atoms with Crippen LogP contribution in [0, 0.1) is 17.6 Å². The highest BCUT2D eigenvalue weighted by molar-refractivity contribution is 5.28. The van der Waals surface area contributed by atoms with E-state index >= 15 is 0 Å². The normalized spacial score (nSPS) is 27.4. The van der Waals surface area contributed by atoms with Crippen LogP contribution in [-0.2, 0) is 0 Å². The molecule has 3 heteroatoms. The predicted octanol–water partition coefficient (Wildman–Crippen LogP) is 2.45. The van der Waals surface area contributed by atoms with E-state index in [0.717, 1.165) is 18.6 Å². The van der Waals surface area contributed by atoms with Gasteiger partial charge in [-0.2, -0.15) is 0 Å². The lowest BCUT2D eigenvalue weighted by atomic mass is 10.1. The summed E-state index contributed by atoms with van der Waals surface area (Å²) in [6.07, 6.45) is 0.306. The van der Waals surface area contributed by atoms with Crippen LogP contribution in [0.4, 0.5) is 8.78 Å². The molecule has 14 heavy (non-hydrogen) atoms. The van der Waals surface area contributed by atoms with Crippen molar-refractivity contribution in [2.75, 3.05) is 0 Å². The maximum atomic E-state index is 13.2. The molecule has 1 aliphatic carbocycles. The molecule has 1 aromatic rings. The van der Waals surface area contributed by atoms with Crippen molar-refractivity contribution in [2.24, 2.45) is 5.92 Å². The van der Waals surface area contributed by atoms with Gasteiger partial charge in [0.05, 0.1) is 6.10 Å². The predicted molar refractivity (Wildman–Crippen MR) is 48.9 cm³/mol. The molecule has 0 heterocycles. The molecular formula is C11H12F2O. The monoisotopic (exact) mass is 198 g/mol. The molecule has 0 unspecified atom stereocenters. The highest BCUT2D eigenvalue weighted by atomic mass is 19.1. The molecule has 76 valence electrons. The highest BCUT2D eigenvalue weighted by Crippen LogP contribution is 2.50. The molecule has 0 spiro atoms. The van der Waals surface area contributed by atoms with Crippen molar-refractivity contribution in [3.05, 3.63) is 35.4 Å². The SMILES string of the molecule is C[C@H](O)[C@H]1C[C@@H]1c1cc(F)ccc1F. The molecule has 2 rings (SSSR count). The van der Waals surface area contributed by atoms with E-state index < -0.39 is 11.9 Å². The number of benzene rings is 1. The van der Waals surface area contributed by atoms with Crippen LogP contribution in [0.2, 0.25) is 0 Å². The first-order chi connectivity index (χ1) is 6.59. The summed E-state index contributed by atoms with van der Waals surface area (Å²) in [6.45, 7) is 1.68. The quantitative estimate of drug-likeness (QED) is 0.773. The summed E-state index contributed by atoms with van der Waals surface area (Å²) in [5, 5.41) is 9.27. The van der Waals surface area contributed by atoms with Crippen molar-refractivity contribution < 1.29 is 13.9 Å². The Balaban J connectivity index is 2.22. The van der Waals surface area contributed by atoms with Crippen LogP contribution in [0.1, 0.15) is 24.8 Å². The molecule has 3 atom stereocenters. The van der Waals surface area contributed by atoms with Crippen LogP contribution in [0.3, 0.4) is 0 Å². The lowest BCUT2D eigenvalue weighted by Gasteiger charge is -2.04. The summed E-state index contributed by atoms with van der Waals surface area (Å²) in [7, 11) is 0. The van der Waals surface area contributed by atoms with Gasteiger partial charge >= 0.3 is 0 Å². The molecule has 1 fully saturated rings. The minimum absolute atomic E-state index is 0.00861. The van der Waals surface area contributed by atoms with E-state index in [0.29, 0.717) is 5.56 Å². The van der Waals surface area contributed by atoms with Crippen molar-refractivity contribution in [2.45, 2.75) is 25.4 Å². The first-order valence-electron chi connectivity index (χ1n) is 4.72. The first-order valence-corrected chi connectivity index (χ1v) is 4.72. The maximum absolute atomic E-state index is 13.2. The van der Waals surface area contributed by atoms with Crippen LogP contribution < -0.4 is 0 Å². The van der Waals surface area contributed by atoms with Crippen LogP contribution in [0.25, 0.3) is 0 Å². The number of hydrogen-bond donors (Lipinski definition) is 1. The first kappa shape index (κ1) is 9.59. The molecule has 1 aromatic carbocycles. The van der Waals surface area contributed by atoms with E-state index in [1.54, 1.807) is 6.92 Å². The molecule has 0 bridgehead atoms. The topological polar surface area (TPSA) is 20.2 Å². The zero-order valence-corrected chi connectivity index (χ0v) is 7.87. The third-order valence-electron chi connectivity index (χ3n) is 2.82.